The zero-order chi connectivity index (χ0) is 16.0. The third-order valence-electron chi connectivity index (χ3n) is 5.34. The first-order valence-corrected chi connectivity index (χ1v) is 9.02. The van der Waals surface area contributed by atoms with Gasteiger partial charge in [-0.3, -0.25) is 0 Å². The second-order valence-corrected chi connectivity index (χ2v) is 8.05. The highest BCUT2D eigenvalue weighted by molar-refractivity contribution is 5.85. The van der Waals surface area contributed by atoms with Crippen LogP contribution in [-0.2, 0) is 0 Å². The van der Waals surface area contributed by atoms with Crippen molar-refractivity contribution < 1.29 is 9.13 Å². The lowest BCUT2D eigenvalue weighted by atomic mass is 9.83. The predicted octanol–water partition coefficient (Wildman–Crippen LogP) is 4.71. The van der Waals surface area contributed by atoms with Crippen molar-refractivity contribution in [1.29, 1.82) is 0 Å². The molecule has 4 rings (SSSR count). The van der Waals surface area contributed by atoms with Gasteiger partial charge in [-0.05, 0) is 51.7 Å². The smallest absolute Gasteiger partial charge is 0.167 e. The summed E-state index contributed by atoms with van der Waals surface area (Å²) in [6.07, 6.45) is 7.31. The maximum atomic E-state index is 14.4. The first-order chi connectivity index (χ1) is 11.0. The number of rotatable bonds is 3. The topological polar surface area (TPSA) is 24.5 Å². The molecule has 0 aromatic heterocycles. The largest absolute Gasteiger partial charge is 0.487 e. The average Bonchev–Trinajstić information content (AvgIpc) is 3.31. The number of halogens is 3. The summed E-state index contributed by atoms with van der Waals surface area (Å²) in [6, 6.07) is 6.51. The van der Waals surface area contributed by atoms with Gasteiger partial charge in [-0.25, -0.2) is 4.39 Å². The van der Waals surface area contributed by atoms with Crippen molar-refractivity contribution in [2.45, 2.75) is 76.1 Å². The number of anilines is 1. The Morgan fingerprint density at radius 2 is 1.84 bits per heavy atom. The molecule has 1 saturated heterocycles. The van der Waals surface area contributed by atoms with Crippen LogP contribution in [0.3, 0.4) is 0 Å². The van der Waals surface area contributed by atoms with E-state index in [1.54, 1.807) is 6.07 Å². The Labute approximate surface area is 162 Å². The summed E-state index contributed by atoms with van der Waals surface area (Å²) in [4.78, 5) is 2.42. The molecule has 0 unspecified atom stereocenters. The molecule has 25 heavy (non-hydrogen) atoms. The maximum Gasteiger partial charge on any atom is 0.167 e. The van der Waals surface area contributed by atoms with Crippen LogP contribution in [0, 0.1) is 5.82 Å². The summed E-state index contributed by atoms with van der Waals surface area (Å²) in [5, 5.41) is 3.79. The Kier molecular flexibility index (Phi) is 6.50. The summed E-state index contributed by atoms with van der Waals surface area (Å²) >= 11 is 0. The number of fused-ring (bicyclic) bond motifs is 1. The lowest BCUT2D eigenvalue weighted by Crippen LogP contribution is -2.67. The molecule has 3 fully saturated rings. The Bertz CT molecular complexity index is 595. The van der Waals surface area contributed by atoms with Gasteiger partial charge in [-0.1, -0.05) is 12.8 Å². The third-order valence-corrected chi connectivity index (χ3v) is 5.34. The van der Waals surface area contributed by atoms with Gasteiger partial charge in [0.15, 0.2) is 11.6 Å². The fourth-order valence-electron chi connectivity index (χ4n) is 4.16. The normalized spacial score (nSPS) is 27.6. The number of hydrogen-bond donors (Lipinski definition) is 1. The number of hydrogen-bond acceptors (Lipinski definition) is 3. The van der Waals surface area contributed by atoms with Crippen molar-refractivity contribution >= 4 is 30.5 Å². The van der Waals surface area contributed by atoms with Crippen molar-refractivity contribution in [2.75, 3.05) is 11.4 Å². The summed E-state index contributed by atoms with van der Waals surface area (Å²) < 4.78 is 20.1. The minimum Gasteiger partial charge on any atom is -0.487 e. The molecule has 1 aromatic carbocycles. The molecule has 3 nitrogen and oxygen atoms in total. The molecule has 1 aliphatic heterocycles. The molecule has 2 saturated carbocycles. The minimum absolute atomic E-state index is 0. The summed E-state index contributed by atoms with van der Waals surface area (Å²) in [7, 11) is 0. The number of benzene rings is 1. The SMILES string of the molecule is CC1(C)CN(c2ccc(OC3CC3)c(F)c2)[C@@H]2CCCC[C@@H]2N1.Cl.Cl. The maximum absolute atomic E-state index is 14.4. The molecule has 1 N–H and O–H groups in total. The van der Waals surface area contributed by atoms with Gasteiger partial charge in [0.05, 0.1) is 6.10 Å². The quantitative estimate of drug-likeness (QED) is 0.808. The molecular formula is C19H29Cl2FN2O. The van der Waals surface area contributed by atoms with Crippen LogP contribution in [0.25, 0.3) is 0 Å². The van der Waals surface area contributed by atoms with E-state index in [4.69, 9.17) is 4.74 Å². The molecule has 1 heterocycles. The number of piperazine rings is 1. The minimum atomic E-state index is -0.224. The zero-order valence-corrected chi connectivity index (χ0v) is 16.6. The Hall–Kier alpha value is -0.710. The van der Waals surface area contributed by atoms with E-state index in [1.807, 2.05) is 12.1 Å². The Balaban J connectivity index is 0.00000113. The number of nitrogens with zero attached hydrogens (tertiary/aromatic N) is 1. The lowest BCUT2D eigenvalue weighted by Gasteiger charge is -2.52. The van der Waals surface area contributed by atoms with Gasteiger partial charge in [-0.2, -0.15) is 0 Å². The molecule has 0 spiro atoms. The monoisotopic (exact) mass is 390 g/mol. The second kappa shape index (κ2) is 7.89. The summed E-state index contributed by atoms with van der Waals surface area (Å²) in [6.45, 7) is 5.40. The van der Waals surface area contributed by atoms with Crippen LogP contribution in [0.1, 0.15) is 52.4 Å². The van der Waals surface area contributed by atoms with Crippen molar-refractivity contribution in [2.24, 2.45) is 0 Å². The van der Waals surface area contributed by atoms with E-state index in [0.717, 1.165) is 25.1 Å². The number of nitrogens with one attached hydrogen (secondary N) is 1. The van der Waals surface area contributed by atoms with Crippen LogP contribution < -0.4 is 15.0 Å². The van der Waals surface area contributed by atoms with Gasteiger partial charge < -0.3 is 15.0 Å². The molecule has 6 heteroatoms. The molecule has 0 bridgehead atoms. The van der Waals surface area contributed by atoms with Gasteiger partial charge in [0.2, 0.25) is 0 Å². The molecule has 3 aliphatic rings. The predicted molar refractivity (Wildman–Crippen MR) is 105 cm³/mol. The highest BCUT2D eigenvalue weighted by Crippen LogP contribution is 2.36. The van der Waals surface area contributed by atoms with Crippen LogP contribution in [0.4, 0.5) is 10.1 Å². The Morgan fingerprint density at radius 1 is 1.12 bits per heavy atom. The zero-order valence-electron chi connectivity index (χ0n) is 15.0. The van der Waals surface area contributed by atoms with Gasteiger partial charge in [0, 0.05) is 35.9 Å². The van der Waals surface area contributed by atoms with Gasteiger partial charge in [0.1, 0.15) is 0 Å². The van der Waals surface area contributed by atoms with Crippen LogP contribution in [0.15, 0.2) is 18.2 Å². The summed E-state index contributed by atoms with van der Waals surface area (Å²) in [5.74, 6) is 0.184. The van der Waals surface area contributed by atoms with E-state index in [0.29, 0.717) is 17.8 Å². The van der Waals surface area contributed by atoms with Crippen molar-refractivity contribution in [1.82, 2.24) is 5.32 Å². The van der Waals surface area contributed by atoms with E-state index in [2.05, 4.69) is 24.1 Å². The fraction of sp³-hybridized carbons (Fsp3) is 0.684. The fourth-order valence-corrected chi connectivity index (χ4v) is 4.16. The lowest BCUT2D eigenvalue weighted by molar-refractivity contribution is 0.199. The molecule has 0 radical (unpaired) electrons. The molecule has 2 aliphatic carbocycles. The van der Waals surface area contributed by atoms with Gasteiger partial charge in [-0.15, -0.1) is 24.8 Å². The molecule has 142 valence electrons. The summed E-state index contributed by atoms with van der Waals surface area (Å²) in [5.41, 5.74) is 1.05. The standard InChI is InChI=1S/C19H27FN2O.2ClH/c1-19(2)12-22(17-6-4-3-5-16(17)21-19)13-7-10-18(15(20)11-13)23-14-8-9-14;;/h7,10-11,14,16-17,21H,3-6,8-9,12H2,1-2H3;2*1H/t16-,17+;;/m0../s1. The highest BCUT2D eigenvalue weighted by Gasteiger charge is 2.40. The van der Waals surface area contributed by atoms with Crippen LogP contribution >= 0.6 is 24.8 Å². The van der Waals surface area contributed by atoms with Gasteiger partial charge in [0.25, 0.3) is 0 Å². The van der Waals surface area contributed by atoms with Gasteiger partial charge >= 0.3 is 0 Å². The Morgan fingerprint density at radius 3 is 2.52 bits per heavy atom. The van der Waals surface area contributed by atoms with E-state index in [1.165, 1.54) is 25.7 Å². The van der Waals surface area contributed by atoms with E-state index < -0.39 is 0 Å². The highest BCUT2D eigenvalue weighted by atomic mass is 35.5. The first kappa shape index (κ1) is 20.6. The van der Waals surface area contributed by atoms with Crippen LogP contribution in [0.2, 0.25) is 0 Å². The van der Waals surface area contributed by atoms with E-state index in [9.17, 15) is 4.39 Å². The van der Waals surface area contributed by atoms with Crippen molar-refractivity contribution in [3.05, 3.63) is 24.0 Å². The first-order valence-electron chi connectivity index (χ1n) is 9.02. The van der Waals surface area contributed by atoms with Crippen LogP contribution in [-0.4, -0.2) is 30.3 Å². The van der Waals surface area contributed by atoms with Crippen LogP contribution in [0.5, 0.6) is 5.75 Å². The third kappa shape index (κ3) is 4.53. The molecule has 2 atom stereocenters. The second-order valence-electron chi connectivity index (χ2n) is 8.05. The molecule has 0 amide bonds. The van der Waals surface area contributed by atoms with E-state index >= 15 is 0 Å². The molecular weight excluding hydrogens is 362 g/mol. The van der Waals surface area contributed by atoms with Crippen molar-refractivity contribution in [3.8, 4) is 5.75 Å². The average molecular weight is 391 g/mol. The van der Waals surface area contributed by atoms with Crippen molar-refractivity contribution in [3.63, 3.8) is 0 Å². The molecule has 1 aromatic rings. The van der Waals surface area contributed by atoms with E-state index in [-0.39, 0.29) is 42.3 Å². The number of ether oxygens (including phenoxy) is 1.